The van der Waals surface area contributed by atoms with Crippen LogP contribution in [0.5, 0.6) is 23.0 Å². The molecule has 0 aliphatic carbocycles. The zero-order valence-corrected chi connectivity index (χ0v) is 27.1. The summed E-state index contributed by atoms with van der Waals surface area (Å²) in [4.78, 5) is 25.4. The van der Waals surface area contributed by atoms with E-state index in [-0.39, 0.29) is 6.61 Å². The quantitative estimate of drug-likeness (QED) is 0.181. The van der Waals surface area contributed by atoms with Gasteiger partial charge in [-0.1, -0.05) is 42.5 Å². The fraction of sp³-hybridized carbons (Fsp3) is 0.333. The molecule has 48 heavy (non-hydrogen) atoms. The van der Waals surface area contributed by atoms with E-state index >= 15 is 0 Å². The summed E-state index contributed by atoms with van der Waals surface area (Å²) in [7, 11) is 6.08. The van der Waals surface area contributed by atoms with E-state index in [2.05, 4.69) is 0 Å². The molecule has 0 bridgehead atoms. The summed E-state index contributed by atoms with van der Waals surface area (Å²) in [6.07, 6.45) is -1.25. The lowest BCUT2D eigenvalue weighted by molar-refractivity contribution is -0.303. The normalized spacial score (nSPS) is 20.8. The number of benzene rings is 3. The minimum absolute atomic E-state index is 0.0920. The molecule has 5 unspecified atom stereocenters. The van der Waals surface area contributed by atoms with Gasteiger partial charge in [-0.15, -0.1) is 0 Å². The van der Waals surface area contributed by atoms with Gasteiger partial charge in [-0.25, -0.2) is 9.59 Å². The Bertz CT molecular complexity index is 1550. The largest absolute Gasteiger partial charge is 0.493 e. The fourth-order valence-corrected chi connectivity index (χ4v) is 4.89. The van der Waals surface area contributed by atoms with Gasteiger partial charge < -0.3 is 48.1 Å². The highest BCUT2D eigenvalue weighted by molar-refractivity contribution is 5.88. The number of rotatable bonds is 15. The van der Waals surface area contributed by atoms with Gasteiger partial charge in [0.1, 0.15) is 24.9 Å². The standard InChI is InChI=1S/C36H40O12/c1-41-26-14-10-24(20-28(26)43-3)13-17-32(38)48-35-30(22-46-31(37)16-12-23-8-6-5-7-9-23)47-36(34(40)33(35)39)45-19-18-25-11-15-27(42-2)29(21-25)44-4/h5-17,20-21,30,33-36,39-40H,18-19,22H2,1-4H3. The van der Waals surface area contributed by atoms with Crippen molar-refractivity contribution in [2.45, 2.75) is 37.1 Å². The first kappa shape index (κ1) is 36.0. The zero-order valence-electron chi connectivity index (χ0n) is 27.1. The maximum absolute atomic E-state index is 12.9. The van der Waals surface area contributed by atoms with E-state index in [4.69, 9.17) is 37.9 Å². The van der Waals surface area contributed by atoms with Gasteiger partial charge >= 0.3 is 11.9 Å². The average molecular weight is 665 g/mol. The molecule has 1 fully saturated rings. The highest BCUT2D eigenvalue weighted by atomic mass is 16.7. The van der Waals surface area contributed by atoms with Crippen molar-refractivity contribution in [2.24, 2.45) is 0 Å². The molecule has 1 saturated heterocycles. The minimum atomic E-state index is -1.63. The zero-order chi connectivity index (χ0) is 34.5. The number of aliphatic hydroxyl groups excluding tert-OH is 2. The summed E-state index contributed by atoms with van der Waals surface area (Å²) < 4.78 is 43.8. The first-order chi connectivity index (χ1) is 23.3. The van der Waals surface area contributed by atoms with Gasteiger partial charge in [0.2, 0.25) is 0 Å². The van der Waals surface area contributed by atoms with E-state index in [0.717, 1.165) is 17.2 Å². The summed E-state index contributed by atoms with van der Waals surface area (Å²) >= 11 is 0. The van der Waals surface area contributed by atoms with Crippen LogP contribution >= 0.6 is 0 Å². The predicted octanol–water partition coefficient (Wildman–Crippen LogP) is 3.61. The molecular weight excluding hydrogens is 624 g/mol. The Morgan fingerprint density at radius 1 is 0.729 bits per heavy atom. The maximum Gasteiger partial charge on any atom is 0.331 e. The average Bonchev–Trinajstić information content (AvgIpc) is 3.12. The third-order valence-corrected chi connectivity index (χ3v) is 7.43. The first-order valence-electron chi connectivity index (χ1n) is 15.1. The van der Waals surface area contributed by atoms with Crippen LogP contribution in [0.4, 0.5) is 0 Å². The molecule has 0 spiro atoms. The van der Waals surface area contributed by atoms with Crippen molar-refractivity contribution in [3.63, 3.8) is 0 Å². The molecule has 0 radical (unpaired) electrons. The van der Waals surface area contributed by atoms with Crippen LogP contribution in [0.15, 0.2) is 78.9 Å². The van der Waals surface area contributed by atoms with Gasteiger partial charge in [-0.2, -0.15) is 0 Å². The van der Waals surface area contributed by atoms with Crippen LogP contribution in [0.3, 0.4) is 0 Å². The lowest BCUT2D eigenvalue weighted by Crippen LogP contribution is -2.60. The predicted molar refractivity (Wildman–Crippen MR) is 175 cm³/mol. The lowest BCUT2D eigenvalue weighted by Gasteiger charge is -2.41. The van der Waals surface area contributed by atoms with Gasteiger partial charge in [0, 0.05) is 12.2 Å². The molecule has 5 atom stereocenters. The van der Waals surface area contributed by atoms with E-state index < -0.39 is 49.3 Å². The summed E-state index contributed by atoms with van der Waals surface area (Å²) in [5.74, 6) is 0.585. The molecular formula is C36H40O12. The summed E-state index contributed by atoms with van der Waals surface area (Å²) in [6.45, 7) is -0.316. The van der Waals surface area contributed by atoms with Crippen LogP contribution < -0.4 is 18.9 Å². The number of hydrogen-bond acceptors (Lipinski definition) is 12. The van der Waals surface area contributed by atoms with E-state index in [1.807, 2.05) is 36.4 Å². The van der Waals surface area contributed by atoms with Crippen molar-refractivity contribution in [3.8, 4) is 23.0 Å². The first-order valence-corrected chi connectivity index (χ1v) is 15.1. The van der Waals surface area contributed by atoms with Crippen molar-refractivity contribution >= 4 is 24.1 Å². The Morgan fingerprint density at radius 2 is 1.35 bits per heavy atom. The molecule has 1 aliphatic heterocycles. The second kappa shape index (κ2) is 17.9. The van der Waals surface area contributed by atoms with E-state index in [1.165, 1.54) is 33.5 Å². The Labute approximate surface area is 279 Å². The molecule has 0 saturated carbocycles. The van der Waals surface area contributed by atoms with E-state index in [9.17, 15) is 19.8 Å². The smallest absolute Gasteiger partial charge is 0.331 e. The SMILES string of the molecule is COc1ccc(C=CC(=O)OC2C(COC(=O)C=Cc3ccccc3)OC(OCCc3ccc(OC)c(OC)c3)C(O)C2O)cc1OC. The molecule has 0 aromatic heterocycles. The summed E-state index contributed by atoms with van der Waals surface area (Å²) in [6, 6.07) is 19.6. The number of carbonyl (C=O) groups is 2. The number of hydrogen-bond donors (Lipinski definition) is 2. The summed E-state index contributed by atoms with van der Waals surface area (Å²) in [5.41, 5.74) is 2.27. The Kier molecular flexibility index (Phi) is 13.4. The molecule has 3 aromatic carbocycles. The van der Waals surface area contributed by atoms with Gasteiger partial charge in [0.05, 0.1) is 35.0 Å². The highest BCUT2D eigenvalue weighted by Crippen LogP contribution is 2.30. The fourth-order valence-electron chi connectivity index (χ4n) is 4.89. The molecule has 1 aliphatic rings. The molecule has 3 aromatic rings. The number of carbonyl (C=O) groups excluding carboxylic acids is 2. The highest BCUT2D eigenvalue weighted by Gasteiger charge is 2.47. The number of methoxy groups -OCH3 is 4. The van der Waals surface area contributed by atoms with Crippen LogP contribution in [0.1, 0.15) is 16.7 Å². The Hall–Kier alpha value is -4.88. The number of ether oxygens (including phenoxy) is 8. The summed E-state index contributed by atoms with van der Waals surface area (Å²) in [5, 5.41) is 22.0. The minimum Gasteiger partial charge on any atom is -0.493 e. The van der Waals surface area contributed by atoms with Crippen LogP contribution in [0.2, 0.25) is 0 Å². The van der Waals surface area contributed by atoms with Gasteiger partial charge in [-0.3, -0.25) is 0 Å². The van der Waals surface area contributed by atoms with Crippen molar-refractivity contribution < 1.29 is 57.7 Å². The molecule has 2 N–H and O–H groups in total. The monoisotopic (exact) mass is 664 g/mol. The molecule has 12 heteroatoms. The molecule has 1 heterocycles. The van der Waals surface area contributed by atoms with Gasteiger partial charge in [-0.05, 0) is 59.5 Å². The van der Waals surface area contributed by atoms with Crippen molar-refractivity contribution in [1.82, 2.24) is 0 Å². The molecule has 256 valence electrons. The van der Waals surface area contributed by atoms with Crippen LogP contribution in [0, 0.1) is 0 Å². The second-order valence-electron chi connectivity index (χ2n) is 10.6. The van der Waals surface area contributed by atoms with E-state index in [0.29, 0.717) is 35.0 Å². The molecule has 4 rings (SSSR count). The van der Waals surface area contributed by atoms with Crippen molar-refractivity contribution in [3.05, 3.63) is 95.6 Å². The van der Waals surface area contributed by atoms with Gasteiger partial charge in [0.25, 0.3) is 0 Å². The maximum atomic E-state index is 12.9. The van der Waals surface area contributed by atoms with Crippen LogP contribution in [-0.4, -0.2) is 94.5 Å². The van der Waals surface area contributed by atoms with Crippen molar-refractivity contribution in [2.75, 3.05) is 41.7 Å². The van der Waals surface area contributed by atoms with Crippen molar-refractivity contribution in [1.29, 1.82) is 0 Å². The third-order valence-electron chi connectivity index (χ3n) is 7.43. The van der Waals surface area contributed by atoms with Gasteiger partial charge in [0.15, 0.2) is 35.4 Å². The van der Waals surface area contributed by atoms with E-state index in [1.54, 1.807) is 43.5 Å². The molecule has 12 nitrogen and oxygen atoms in total. The number of esters is 2. The topological polar surface area (TPSA) is 148 Å². The van der Waals surface area contributed by atoms with Crippen LogP contribution in [0.25, 0.3) is 12.2 Å². The molecule has 0 amide bonds. The lowest BCUT2D eigenvalue weighted by atomic mass is 9.99. The second-order valence-corrected chi connectivity index (χ2v) is 10.6. The Balaban J connectivity index is 1.44. The third kappa shape index (κ3) is 9.81. The van der Waals surface area contributed by atoms with Crippen LogP contribution in [-0.2, 0) is 35.0 Å². The number of aliphatic hydroxyl groups is 2. The Morgan fingerprint density at radius 3 is 2.04 bits per heavy atom.